The molecule has 0 aromatic heterocycles. The van der Waals surface area contributed by atoms with Gasteiger partial charge in [0.25, 0.3) is 0 Å². The third kappa shape index (κ3) is 1.93. The minimum Gasteiger partial charge on any atom is -0.165 e. The first-order valence-electron chi connectivity index (χ1n) is 3.64. The molecule has 0 saturated heterocycles. The Balaban J connectivity index is 3.15. The van der Waals surface area contributed by atoms with Crippen molar-refractivity contribution in [3.05, 3.63) is 29.3 Å². The fraction of sp³-hybridized carbons (Fsp3) is 0.300. The highest BCUT2D eigenvalue weighted by molar-refractivity contribution is 8.13. The van der Waals surface area contributed by atoms with Crippen LogP contribution in [0, 0.1) is 13.8 Å². The van der Waals surface area contributed by atoms with Gasteiger partial charge in [0.1, 0.15) is 0 Å². The van der Waals surface area contributed by atoms with Crippen molar-refractivity contribution in [2.24, 2.45) is 0 Å². The second-order valence-electron chi connectivity index (χ2n) is 2.88. The van der Waals surface area contributed by atoms with Crippen molar-refractivity contribution in [1.29, 1.82) is 0 Å². The average Bonchev–Trinajstić information content (AvgIpc) is 1.94. The van der Waals surface area contributed by atoms with Gasteiger partial charge in [0.2, 0.25) is 0 Å². The summed E-state index contributed by atoms with van der Waals surface area (Å²) in [6.07, 6.45) is 2.14. The molecule has 0 radical (unpaired) electrons. The van der Waals surface area contributed by atoms with Crippen LogP contribution in [-0.2, 0) is 0 Å². The largest absolute Gasteiger partial charge is 0.165 e. The summed E-state index contributed by atoms with van der Waals surface area (Å²) in [4.78, 5) is 1.35. The van der Waals surface area contributed by atoms with Crippen molar-refractivity contribution in [1.82, 2.24) is 0 Å². The van der Waals surface area contributed by atoms with Gasteiger partial charge >= 0.3 is 0 Å². The Hall–Kier alpha value is -0.560. The first-order chi connectivity index (χ1) is 5.11. The lowest BCUT2D eigenvalue weighted by Crippen LogP contribution is -1.81. The maximum Gasteiger partial charge on any atom is 0.00114 e. The van der Waals surface area contributed by atoms with Gasteiger partial charge < -0.3 is 0 Å². The zero-order valence-electron chi connectivity index (χ0n) is 7.35. The van der Waals surface area contributed by atoms with E-state index in [1.165, 1.54) is 16.0 Å². The van der Waals surface area contributed by atoms with Crippen molar-refractivity contribution < 1.29 is 0 Å². The highest BCUT2D eigenvalue weighted by Crippen LogP contribution is 2.22. The summed E-state index contributed by atoms with van der Waals surface area (Å²) in [5, 5.41) is 0. The Morgan fingerprint density at radius 2 is 1.82 bits per heavy atom. The van der Waals surface area contributed by atoms with E-state index in [1.807, 2.05) is 0 Å². The quantitative estimate of drug-likeness (QED) is 0.563. The molecule has 0 N–H and O–H groups in total. The van der Waals surface area contributed by atoms with E-state index < -0.39 is 0 Å². The third-order valence-corrected chi connectivity index (χ3v) is 2.94. The van der Waals surface area contributed by atoms with Crippen molar-refractivity contribution in [2.75, 3.05) is 6.26 Å². The molecule has 0 nitrogen and oxygen atoms in total. The predicted octanol–water partition coefficient (Wildman–Crippen LogP) is 2.99. The molecule has 60 valence electrons. The van der Waals surface area contributed by atoms with Crippen LogP contribution < -0.4 is 0 Å². The number of benzene rings is 1. The average molecular weight is 166 g/mol. The molecule has 0 bridgehead atoms. The van der Waals surface area contributed by atoms with Crippen LogP contribution in [0.5, 0.6) is 0 Å². The minimum absolute atomic E-state index is 0.152. The molecule has 0 fully saturated rings. The van der Waals surface area contributed by atoms with Crippen LogP contribution in [0.3, 0.4) is 0 Å². The lowest BCUT2D eigenvalue weighted by atomic mass is 10.1. The minimum atomic E-state index is 0.152. The van der Waals surface area contributed by atoms with Crippen molar-refractivity contribution in [3.63, 3.8) is 0 Å². The van der Waals surface area contributed by atoms with Crippen molar-refractivity contribution >= 4 is 16.4 Å². The van der Waals surface area contributed by atoms with E-state index >= 15 is 0 Å². The molecule has 0 amide bonds. The fourth-order valence-corrected chi connectivity index (χ4v) is 1.61. The molecule has 1 heteroatoms. The summed E-state index contributed by atoms with van der Waals surface area (Å²) in [5.41, 5.74) is 2.73. The van der Waals surface area contributed by atoms with Crippen LogP contribution in [-0.4, -0.2) is 12.1 Å². The van der Waals surface area contributed by atoms with Crippen molar-refractivity contribution in [3.8, 4) is 0 Å². The normalized spacial score (nSPS) is 13.0. The van der Waals surface area contributed by atoms with Gasteiger partial charge in [-0.25, -0.2) is 0 Å². The molecule has 0 saturated carbocycles. The van der Waals surface area contributed by atoms with Crippen LogP contribution in [0.15, 0.2) is 23.1 Å². The van der Waals surface area contributed by atoms with E-state index in [0.29, 0.717) is 0 Å². The Morgan fingerprint density at radius 1 is 1.18 bits per heavy atom. The summed E-state index contributed by atoms with van der Waals surface area (Å²) in [6, 6.07) is 6.56. The van der Waals surface area contributed by atoms with Crippen molar-refractivity contribution in [2.45, 2.75) is 18.7 Å². The summed E-state index contributed by atoms with van der Waals surface area (Å²) < 4.78 is 0. The van der Waals surface area contributed by atoms with E-state index in [-0.39, 0.29) is 10.5 Å². The van der Waals surface area contributed by atoms with E-state index in [9.17, 15) is 0 Å². The maximum absolute atomic E-state index is 4.01. The second kappa shape index (κ2) is 3.22. The molecule has 0 aliphatic rings. The molecule has 0 heterocycles. The van der Waals surface area contributed by atoms with Gasteiger partial charge in [-0.3, -0.25) is 0 Å². The highest BCUT2D eigenvalue weighted by Gasteiger charge is 1.94. The molecule has 1 atom stereocenters. The van der Waals surface area contributed by atoms with Gasteiger partial charge in [-0.1, -0.05) is 11.9 Å². The molecule has 11 heavy (non-hydrogen) atoms. The molecule has 1 aromatic carbocycles. The van der Waals surface area contributed by atoms with E-state index in [1.54, 1.807) is 0 Å². The Labute approximate surface area is 71.2 Å². The van der Waals surface area contributed by atoms with Crippen LogP contribution >= 0.6 is 10.5 Å². The Kier molecular flexibility index (Phi) is 2.50. The fourth-order valence-electron chi connectivity index (χ4n) is 0.931. The maximum atomic E-state index is 4.01. The zero-order valence-corrected chi connectivity index (χ0v) is 8.16. The monoisotopic (exact) mass is 166 g/mol. The van der Waals surface area contributed by atoms with Crippen LogP contribution in [0.2, 0.25) is 0 Å². The van der Waals surface area contributed by atoms with Gasteiger partial charge in [-0.05, 0) is 43.4 Å². The van der Waals surface area contributed by atoms with Gasteiger partial charge in [0.05, 0.1) is 0 Å². The first kappa shape index (κ1) is 8.54. The van der Waals surface area contributed by atoms with E-state index in [2.05, 4.69) is 44.2 Å². The van der Waals surface area contributed by atoms with Gasteiger partial charge in [0, 0.05) is 4.90 Å². The summed E-state index contributed by atoms with van der Waals surface area (Å²) >= 11 is 0. The topological polar surface area (TPSA) is 0 Å². The Bertz CT molecular complexity index is 287. The molecular formula is C10H14S. The lowest BCUT2D eigenvalue weighted by Gasteiger charge is -2.04. The van der Waals surface area contributed by atoms with Gasteiger partial charge in [-0.2, -0.15) is 10.5 Å². The smallest absolute Gasteiger partial charge is 0.00114 e. The first-order valence-corrected chi connectivity index (χ1v) is 5.44. The number of hydrogen-bond donors (Lipinski definition) is 0. The van der Waals surface area contributed by atoms with Crippen LogP contribution in [0.25, 0.3) is 0 Å². The number of rotatable bonds is 1. The van der Waals surface area contributed by atoms with E-state index in [0.717, 1.165) is 0 Å². The second-order valence-corrected chi connectivity index (χ2v) is 4.63. The number of hydrogen-bond acceptors (Lipinski definition) is 0. The third-order valence-electron chi connectivity index (χ3n) is 1.88. The standard InChI is InChI=1S/C10H14S/c1-8-5-6-10(11(3)4)7-9(8)2/h5-7H,3H2,1-2,4H3. The predicted molar refractivity (Wildman–Crippen MR) is 54.8 cm³/mol. The zero-order chi connectivity index (χ0) is 8.43. The molecular weight excluding hydrogens is 152 g/mol. The molecule has 1 unspecified atom stereocenters. The van der Waals surface area contributed by atoms with E-state index in [4.69, 9.17) is 0 Å². The van der Waals surface area contributed by atoms with Crippen LogP contribution in [0.1, 0.15) is 11.1 Å². The Morgan fingerprint density at radius 3 is 2.27 bits per heavy atom. The molecule has 0 spiro atoms. The summed E-state index contributed by atoms with van der Waals surface area (Å²) in [6.45, 7) is 4.28. The SMILES string of the molecule is C=S(C)c1ccc(C)c(C)c1. The molecule has 0 aliphatic heterocycles. The summed E-state index contributed by atoms with van der Waals surface area (Å²) in [5.74, 6) is 4.01. The van der Waals surface area contributed by atoms with Crippen LogP contribution in [0.4, 0.5) is 0 Å². The molecule has 1 rings (SSSR count). The molecule has 1 aromatic rings. The van der Waals surface area contributed by atoms with Gasteiger partial charge in [0.15, 0.2) is 0 Å². The van der Waals surface area contributed by atoms with Gasteiger partial charge in [-0.15, -0.1) is 0 Å². The molecule has 0 aliphatic carbocycles. The summed E-state index contributed by atoms with van der Waals surface area (Å²) in [7, 11) is 0.152. The number of aryl methyl sites for hydroxylation is 2. The highest BCUT2D eigenvalue weighted by atomic mass is 32.2. The lowest BCUT2D eigenvalue weighted by molar-refractivity contribution is 1.28.